The Balaban J connectivity index is -0.0000000111. The Labute approximate surface area is 216 Å². The number of hydrogen-bond donors (Lipinski definition) is 3. The number of rotatable bonds is 6. The van der Waals surface area contributed by atoms with E-state index >= 15 is 0 Å². The van der Waals surface area contributed by atoms with Crippen molar-refractivity contribution in [1.29, 1.82) is 0 Å². The number of nitrogens with two attached hydrogens (primary N) is 1. The van der Waals surface area contributed by atoms with Gasteiger partial charge < -0.3 is 23.0 Å². The Bertz CT molecular complexity index is 139. The van der Waals surface area contributed by atoms with Gasteiger partial charge in [0, 0.05) is 33.1 Å². The average molecular weight is 281 g/mol. The zero-order valence-electron chi connectivity index (χ0n) is 16.7. The largest absolute Gasteiger partial charge is 1.00 e. The summed E-state index contributed by atoms with van der Waals surface area (Å²) < 4.78 is 0. The fourth-order valence-corrected chi connectivity index (χ4v) is 0.519. The summed E-state index contributed by atoms with van der Waals surface area (Å²) in [6.45, 7) is 4.08. The van der Waals surface area contributed by atoms with Crippen molar-refractivity contribution in [1.82, 2.24) is 10.8 Å². The van der Waals surface area contributed by atoms with Crippen molar-refractivity contribution in [2.75, 3.05) is 26.2 Å². The van der Waals surface area contributed by atoms with Crippen LogP contribution in [0.25, 0.3) is 0 Å². The van der Waals surface area contributed by atoms with Gasteiger partial charge in [0.2, 0.25) is 0 Å². The molecule has 0 fully saturated rings. The third-order valence-electron chi connectivity index (χ3n) is 0.941. The third-order valence-corrected chi connectivity index (χ3v) is 0.941. The van der Waals surface area contributed by atoms with Crippen LogP contribution in [0.3, 0.4) is 0 Å². The van der Waals surface area contributed by atoms with Gasteiger partial charge in [0.05, 0.1) is 0 Å². The van der Waals surface area contributed by atoms with Gasteiger partial charge >= 0.3 is 154 Å². The number of carbonyl (C=O) groups excluding carboxylic acids is 1. The molecule has 0 saturated carbocycles. The standard InChI is InChI=1S/C6H15N3O2.5Na.5H/c1-6(10)11-9-5-4-8-3-2-7;;;;;;;;;;/h8-9H,2-5,7H2,1H3;;;;;;;;;;/q;5*+1;5*-1. The second-order valence-corrected chi connectivity index (χ2v) is 2.03. The van der Waals surface area contributed by atoms with Gasteiger partial charge in [-0.3, -0.25) is 4.79 Å². The molecule has 5 nitrogen and oxygen atoms in total. The van der Waals surface area contributed by atoms with Crippen molar-refractivity contribution in [3.63, 3.8) is 0 Å². The normalized spacial score (nSPS) is 6.62. The van der Waals surface area contributed by atoms with Crippen LogP contribution in [0.15, 0.2) is 0 Å². The molecule has 0 radical (unpaired) electrons. The Morgan fingerprint density at radius 2 is 1.62 bits per heavy atom. The molecule has 10 heteroatoms. The molecule has 0 atom stereocenters. The number of hydrogen-bond acceptors (Lipinski definition) is 5. The van der Waals surface area contributed by atoms with E-state index < -0.39 is 0 Å². The minimum atomic E-state index is -0.330. The summed E-state index contributed by atoms with van der Waals surface area (Å²) in [5.74, 6) is -0.330. The predicted molar refractivity (Wildman–Crippen MR) is 47.3 cm³/mol. The Hall–Kier alpha value is 4.35. The van der Waals surface area contributed by atoms with Crippen molar-refractivity contribution in [3.05, 3.63) is 0 Å². The number of nitrogens with one attached hydrogen (secondary N) is 2. The van der Waals surface area contributed by atoms with E-state index in [9.17, 15) is 4.79 Å². The molecule has 0 unspecified atom stereocenters. The first-order chi connectivity index (χ1) is 5.27. The van der Waals surface area contributed by atoms with Crippen molar-refractivity contribution in [2.24, 2.45) is 5.73 Å². The molecular formula is C6H20N3Na5O2. The van der Waals surface area contributed by atoms with Crippen LogP contribution in [0.2, 0.25) is 0 Å². The van der Waals surface area contributed by atoms with Gasteiger partial charge in [0.1, 0.15) is 0 Å². The van der Waals surface area contributed by atoms with E-state index in [4.69, 9.17) is 5.73 Å². The monoisotopic (exact) mass is 281 g/mol. The van der Waals surface area contributed by atoms with Crippen LogP contribution in [0.5, 0.6) is 0 Å². The van der Waals surface area contributed by atoms with E-state index in [1.807, 2.05) is 0 Å². The van der Waals surface area contributed by atoms with Crippen molar-refractivity contribution in [3.8, 4) is 0 Å². The van der Waals surface area contributed by atoms with Gasteiger partial charge in [-0.1, -0.05) is 0 Å². The smallest absolute Gasteiger partial charge is 1.00 e. The van der Waals surface area contributed by atoms with Gasteiger partial charge in [-0.05, 0) is 0 Å². The fourth-order valence-electron chi connectivity index (χ4n) is 0.519. The zero-order chi connectivity index (χ0) is 8.53. The molecule has 0 aromatic carbocycles. The number of hydroxylamine groups is 1. The van der Waals surface area contributed by atoms with Gasteiger partial charge in [0.25, 0.3) is 0 Å². The Morgan fingerprint density at radius 3 is 2.00 bits per heavy atom. The predicted octanol–water partition coefficient (Wildman–Crippen LogP) is -15.8. The van der Waals surface area contributed by atoms with Crippen LogP contribution in [-0.4, -0.2) is 32.1 Å². The van der Waals surface area contributed by atoms with E-state index in [1.165, 1.54) is 6.92 Å². The zero-order valence-corrected chi connectivity index (χ0v) is 21.7. The van der Waals surface area contributed by atoms with E-state index in [0.29, 0.717) is 13.1 Å². The second kappa shape index (κ2) is 31.6. The Morgan fingerprint density at radius 1 is 1.12 bits per heavy atom. The van der Waals surface area contributed by atoms with Crippen LogP contribution in [0, 0.1) is 0 Å². The molecule has 0 heterocycles. The molecule has 0 saturated heterocycles. The summed E-state index contributed by atoms with van der Waals surface area (Å²) >= 11 is 0. The topological polar surface area (TPSA) is 76.4 Å². The molecule has 76 valence electrons. The molecule has 0 amide bonds. The van der Waals surface area contributed by atoms with Crippen LogP contribution in [0.1, 0.15) is 14.1 Å². The van der Waals surface area contributed by atoms with Gasteiger partial charge in [-0.15, -0.1) is 0 Å². The summed E-state index contributed by atoms with van der Waals surface area (Å²) in [4.78, 5) is 14.7. The molecule has 0 aliphatic heterocycles. The maximum Gasteiger partial charge on any atom is 1.00 e. The summed E-state index contributed by atoms with van der Waals surface area (Å²) in [6.07, 6.45) is 0. The molecule has 0 spiro atoms. The van der Waals surface area contributed by atoms with Crippen LogP contribution in [0.4, 0.5) is 0 Å². The molecule has 16 heavy (non-hydrogen) atoms. The minimum Gasteiger partial charge on any atom is -1.00 e. The first-order valence-corrected chi connectivity index (χ1v) is 3.58. The van der Waals surface area contributed by atoms with Gasteiger partial charge in [0.15, 0.2) is 0 Å². The summed E-state index contributed by atoms with van der Waals surface area (Å²) in [5.41, 5.74) is 7.71. The van der Waals surface area contributed by atoms with E-state index in [-0.39, 0.29) is 161 Å². The summed E-state index contributed by atoms with van der Waals surface area (Å²) in [6, 6.07) is 0. The quantitative estimate of drug-likeness (QED) is 0.256. The maximum absolute atomic E-state index is 10.2. The molecule has 4 N–H and O–H groups in total. The first-order valence-electron chi connectivity index (χ1n) is 3.58. The third kappa shape index (κ3) is 36.2. The molecule has 0 aliphatic rings. The van der Waals surface area contributed by atoms with Crippen LogP contribution >= 0.6 is 0 Å². The van der Waals surface area contributed by atoms with Crippen LogP contribution in [-0.2, 0) is 9.63 Å². The van der Waals surface area contributed by atoms with E-state index in [0.717, 1.165) is 13.1 Å². The maximum atomic E-state index is 10.2. The molecular weight excluding hydrogens is 261 g/mol. The molecule has 0 aromatic rings. The number of carbonyl (C=O) groups is 1. The van der Waals surface area contributed by atoms with Crippen molar-refractivity contribution in [2.45, 2.75) is 6.92 Å². The SMILES string of the molecule is CC(=O)ONCCNCCN.[H-].[H-].[H-].[H-].[H-].[Na+].[Na+].[Na+].[Na+].[Na+]. The summed E-state index contributed by atoms with van der Waals surface area (Å²) in [5, 5.41) is 3.03. The average Bonchev–Trinajstić information content (AvgIpc) is 1.96. The molecule has 0 bridgehead atoms. The second-order valence-electron chi connectivity index (χ2n) is 2.03. The van der Waals surface area contributed by atoms with Gasteiger partial charge in [-0.25, -0.2) is 0 Å². The molecule has 0 aliphatic carbocycles. The minimum absolute atomic E-state index is 0. The first kappa shape index (κ1) is 37.0. The van der Waals surface area contributed by atoms with Crippen LogP contribution < -0.4 is 164 Å². The van der Waals surface area contributed by atoms with Gasteiger partial charge in [-0.2, -0.15) is 5.48 Å². The van der Waals surface area contributed by atoms with Crippen molar-refractivity contribution < 1.29 is 165 Å². The molecule has 0 rings (SSSR count). The molecule has 0 aromatic heterocycles. The van der Waals surface area contributed by atoms with Crippen molar-refractivity contribution >= 4 is 5.97 Å². The van der Waals surface area contributed by atoms with E-state index in [1.54, 1.807) is 0 Å². The summed E-state index contributed by atoms with van der Waals surface area (Å²) in [7, 11) is 0. The fraction of sp³-hybridized carbons (Fsp3) is 0.833. The Kier molecular flexibility index (Phi) is 73.2. The van der Waals surface area contributed by atoms with E-state index in [2.05, 4.69) is 15.6 Å².